The van der Waals surface area contributed by atoms with Gasteiger partial charge in [0.25, 0.3) is 0 Å². The Kier molecular flexibility index (Phi) is 4.95. The number of carbonyl (C=O) groups excluding carboxylic acids is 2. The van der Waals surface area contributed by atoms with Gasteiger partial charge < -0.3 is 20.1 Å². The molecule has 1 saturated heterocycles. The molecule has 1 unspecified atom stereocenters. The Hall–Kier alpha value is -1.30. The van der Waals surface area contributed by atoms with E-state index in [-0.39, 0.29) is 24.5 Å². The molecule has 1 aliphatic rings. The molecule has 104 valence electrons. The lowest BCUT2D eigenvalue weighted by atomic mass is 10.2. The van der Waals surface area contributed by atoms with Gasteiger partial charge >= 0.3 is 6.09 Å². The summed E-state index contributed by atoms with van der Waals surface area (Å²) in [5, 5.41) is 0. The number of amides is 2. The summed E-state index contributed by atoms with van der Waals surface area (Å²) in [7, 11) is 0. The lowest BCUT2D eigenvalue weighted by Gasteiger charge is -2.24. The predicted octanol–water partition coefficient (Wildman–Crippen LogP) is 0.888. The summed E-state index contributed by atoms with van der Waals surface area (Å²) < 4.78 is 10.7. The van der Waals surface area contributed by atoms with Gasteiger partial charge in [-0.05, 0) is 27.2 Å². The van der Waals surface area contributed by atoms with Gasteiger partial charge in [-0.25, -0.2) is 4.79 Å². The zero-order valence-electron chi connectivity index (χ0n) is 11.3. The Morgan fingerprint density at radius 1 is 1.39 bits per heavy atom. The summed E-state index contributed by atoms with van der Waals surface area (Å²) in [6, 6.07) is 0. The van der Waals surface area contributed by atoms with Crippen molar-refractivity contribution >= 4 is 12.0 Å². The maximum absolute atomic E-state index is 11.8. The van der Waals surface area contributed by atoms with Crippen molar-refractivity contribution in [2.24, 2.45) is 5.73 Å². The minimum atomic E-state index is -0.484. The first-order chi connectivity index (χ1) is 8.28. The van der Waals surface area contributed by atoms with Gasteiger partial charge in [0, 0.05) is 13.0 Å². The van der Waals surface area contributed by atoms with E-state index in [1.54, 1.807) is 4.90 Å². The third-order valence-corrected chi connectivity index (χ3v) is 2.50. The second-order valence-corrected chi connectivity index (χ2v) is 5.42. The first kappa shape index (κ1) is 14.8. The summed E-state index contributed by atoms with van der Waals surface area (Å²) in [5.74, 6) is -0.378. The number of hydrogen-bond acceptors (Lipinski definition) is 4. The summed E-state index contributed by atoms with van der Waals surface area (Å²) >= 11 is 0. The van der Waals surface area contributed by atoms with Crippen LogP contribution in [0.3, 0.4) is 0 Å². The number of nitrogens with two attached hydrogens (primary N) is 1. The molecule has 6 heteroatoms. The molecule has 0 aromatic heterocycles. The first-order valence-electron chi connectivity index (χ1n) is 6.16. The van der Waals surface area contributed by atoms with Crippen LogP contribution in [0.5, 0.6) is 0 Å². The maximum Gasteiger partial charge on any atom is 0.410 e. The summed E-state index contributed by atoms with van der Waals surface area (Å²) in [5.41, 5.74) is 4.53. The second-order valence-electron chi connectivity index (χ2n) is 5.42. The van der Waals surface area contributed by atoms with Crippen LogP contribution in [0.4, 0.5) is 4.79 Å². The molecular formula is C12H22N2O4. The van der Waals surface area contributed by atoms with Crippen LogP contribution in [0.1, 0.15) is 33.6 Å². The Morgan fingerprint density at radius 3 is 2.61 bits per heavy atom. The molecule has 1 heterocycles. The molecule has 0 aromatic rings. The standard InChI is InChI=1S/C12H22N2O4/c1-12(2,3)18-11(16)14-6-4-9(8-14)17-7-5-10(13)15/h9H,4-8H2,1-3H3,(H2,13,15). The Morgan fingerprint density at radius 2 is 2.06 bits per heavy atom. The van der Waals surface area contributed by atoms with Gasteiger partial charge in [0.15, 0.2) is 0 Å². The predicted molar refractivity (Wildman–Crippen MR) is 66.0 cm³/mol. The van der Waals surface area contributed by atoms with Crippen LogP contribution in [0.15, 0.2) is 0 Å². The SMILES string of the molecule is CC(C)(C)OC(=O)N1CCC(OCCC(N)=O)C1. The van der Waals surface area contributed by atoms with Crippen molar-refractivity contribution in [3.63, 3.8) is 0 Å². The largest absolute Gasteiger partial charge is 0.444 e. The van der Waals surface area contributed by atoms with E-state index in [4.69, 9.17) is 15.2 Å². The number of rotatable bonds is 4. The van der Waals surface area contributed by atoms with E-state index in [1.165, 1.54) is 0 Å². The van der Waals surface area contributed by atoms with Gasteiger partial charge in [0.05, 0.1) is 19.3 Å². The van der Waals surface area contributed by atoms with Crippen LogP contribution < -0.4 is 5.73 Å². The first-order valence-corrected chi connectivity index (χ1v) is 6.16. The highest BCUT2D eigenvalue weighted by atomic mass is 16.6. The molecule has 1 fully saturated rings. The highest BCUT2D eigenvalue weighted by Crippen LogP contribution is 2.17. The van der Waals surface area contributed by atoms with Gasteiger partial charge in [0.1, 0.15) is 5.60 Å². The lowest BCUT2D eigenvalue weighted by molar-refractivity contribution is -0.119. The number of ether oxygens (including phenoxy) is 2. The van der Waals surface area contributed by atoms with E-state index in [2.05, 4.69) is 0 Å². The number of hydrogen-bond donors (Lipinski definition) is 1. The molecule has 0 aromatic carbocycles. The molecule has 0 radical (unpaired) electrons. The van der Waals surface area contributed by atoms with Crippen LogP contribution in [0.25, 0.3) is 0 Å². The van der Waals surface area contributed by atoms with Crippen LogP contribution in [0.2, 0.25) is 0 Å². The molecule has 2 amide bonds. The summed E-state index contributed by atoms with van der Waals surface area (Å²) in [6.07, 6.45) is 0.626. The van der Waals surface area contributed by atoms with Crippen molar-refractivity contribution in [3.8, 4) is 0 Å². The highest BCUT2D eigenvalue weighted by Gasteiger charge is 2.30. The van der Waals surface area contributed by atoms with Crippen LogP contribution in [0, 0.1) is 0 Å². The van der Waals surface area contributed by atoms with E-state index in [0.29, 0.717) is 19.7 Å². The van der Waals surface area contributed by atoms with Gasteiger partial charge in [-0.15, -0.1) is 0 Å². The average molecular weight is 258 g/mol. The zero-order valence-corrected chi connectivity index (χ0v) is 11.3. The third kappa shape index (κ3) is 5.35. The average Bonchev–Trinajstić information content (AvgIpc) is 2.63. The van der Waals surface area contributed by atoms with Gasteiger partial charge in [-0.3, -0.25) is 4.79 Å². The smallest absolute Gasteiger partial charge is 0.410 e. The molecule has 1 rings (SSSR count). The van der Waals surface area contributed by atoms with Crippen molar-refractivity contribution in [1.82, 2.24) is 4.90 Å². The molecule has 2 N–H and O–H groups in total. The molecule has 18 heavy (non-hydrogen) atoms. The molecule has 0 spiro atoms. The molecule has 0 saturated carbocycles. The van der Waals surface area contributed by atoms with E-state index >= 15 is 0 Å². The van der Waals surface area contributed by atoms with Crippen molar-refractivity contribution < 1.29 is 19.1 Å². The minimum absolute atomic E-state index is 0.0307. The van der Waals surface area contributed by atoms with Crippen LogP contribution in [-0.4, -0.2) is 48.3 Å². The van der Waals surface area contributed by atoms with Crippen molar-refractivity contribution in [3.05, 3.63) is 0 Å². The molecule has 0 bridgehead atoms. The summed E-state index contributed by atoms with van der Waals surface area (Å²) in [6.45, 7) is 6.94. The molecule has 1 atom stereocenters. The van der Waals surface area contributed by atoms with Gasteiger partial charge in [-0.2, -0.15) is 0 Å². The summed E-state index contributed by atoms with van der Waals surface area (Å²) in [4.78, 5) is 23.9. The van der Waals surface area contributed by atoms with E-state index < -0.39 is 5.60 Å². The Bertz CT molecular complexity index is 312. The maximum atomic E-state index is 11.8. The number of nitrogens with zero attached hydrogens (tertiary/aromatic N) is 1. The van der Waals surface area contributed by atoms with Crippen molar-refractivity contribution in [2.75, 3.05) is 19.7 Å². The monoisotopic (exact) mass is 258 g/mol. The van der Waals surface area contributed by atoms with E-state index in [0.717, 1.165) is 6.42 Å². The molecule has 0 aliphatic carbocycles. The van der Waals surface area contributed by atoms with Gasteiger partial charge in [-0.1, -0.05) is 0 Å². The van der Waals surface area contributed by atoms with Crippen LogP contribution >= 0.6 is 0 Å². The molecular weight excluding hydrogens is 236 g/mol. The van der Waals surface area contributed by atoms with Crippen molar-refractivity contribution in [1.29, 1.82) is 0 Å². The Balaban J connectivity index is 2.28. The third-order valence-electron chi connectivity index (χ3n) is 2.50. The fourth-order valence-electron chi connectivity index (χ4n) is 1.68. The van der Waals surface area contributed by atoms with Crippen LogP contribution in [-0.2, 0) is 14.3 Å². The zero-order chi connectivity index (χ0) is 13.8. The molecule has 6 nitrogen and oxygen atoms in total. The highest BCUT2D eigenvalue weighted by molar-refractivity contribution is 5.73. The normalized spacial score (nSPS) is 19.9. The quantitative estimate of drug-likeness (QED) is 0.811. The fraction of sp³-hybridized carbons (Fsp3) is 0.833. The lowest BCUT2D eigenvalue weighted by Crippen LogP contribution is -2.36. The molecule has 1 aliphatic heterocycles. The van der Waals surface area contributed by atoms with Gasteiger partial charge in [0.2, 0.25) is 5.91 Å². The van der Waals surface area contributed by atoms with E-state index in [1.807, 2.05) is 20.8 Å². The number of likely N-dealkylation sites (tertiary alicyclic amines) is 1. The van der Waals surface area contributed by atoms with Crippen molar-refractivity contribution in [2.45, 2.75) is 45.3 Å². The fourth-order valence-corrected chi connectivity index (χ4v) is 1.68. The number of carbonyl (C=O) groups is 2. The Labute approximate surface area is 107 Å². The number of primary amides is 1. The second kappa shape index (κ2) is 6.04. The minimum Gasteiger partial charge on any atom is -0.444 e. The topological polar surface area (TPSA) is 81.9 Å². The van der Waals surface area contributed by atoms with E-state index in [9.17, 15) is 9.59 Å².